The lowest BCUT2D eigenvalue weighted by Gasteiger charge is -2.11. The first kappa shape index (κ1) is 20.1. The van der Waals surface area contributed by atoms with Crippen LogP contribution in [-0.4, -0.2) is 35.4 Å². The summed E-state index contributed by atoms with van der Waals surface area (Å²) in [6, 6.07) is 13.0. The van der Waals surface area contributed by atoms with Crippen molar-refractivity contribution in [1.29, 1.82) is 0 Å². The predicted molar refractivity (Wildman–Crippen MR) is 111 cm³/mol. The van der Waals surface area contributed by atoms with Crippen molar-refractivity contribution in [3.05, 3.63) is 65.4 Å². The zero-order valence-electron chi connectivity index (χ0n) is 15.5. The Bertz CT molecular complexity index is 961. The van der Waals surface area contributed by atoms with Crippen LogP contribution in [0.15, 0.2) is 60.0 Å². The van der Waals surface area contributed by atoms with Crippen LogP contribution in [0.4, 0.5) is 0 Å². The molecule has 146 valence electrons. The van der Waals surface area contributed by atoms with Crippen molar-refractivity contribution in [2.45, 2.75) is 11.7 Å². The third kappa shape index (κ3) is 4.99. The Hall–Kier alpha value is -2.64. The number of thioether (sulfide) groups is 1. The summed E-state index contributed by atoms with van der Waals surface area (Å²) in [5.41, 5.74) is 1.83. The molecule has 28 heavy (non-hydrogen) atoms. The Kier molecular flexibility index (Phi) is 6.84. The van der Waals surface area contributed by atoms with Gasteiger partial charge in [-0.2, -0.15) is 0 Å². The first-order valence-corrected chi connectivity index (χ1v) is 9.86. The number of nitrogens with one attached hydrogen (secondary N) is 1. The Morgan fingerprint density at radius 1 is 1.18 bits per heavy atom. The van der Waals surface area contributed by atoms with E-state index in [4.69, 9.17) is 21.1 Å². The van der Waals surface area contributed by atoms with Crippen LogP contribution >= 0.6 is 23.4 Å². The van der Waals surface area contributed by atoms with Crippen molar-refractivity contribution in [1.82, 2.24) is 14.9 Å². The topological polar surface area (TPSA) is 65.4 Å². The van der Waals surface area contributed by atoms with E-state index in [-0.39, 0.29) is 11.7 Å². The molecule has 3 aromatic rings. The van der Waals surface area contributed by atoms with Crippen LogP contribution in [0.2, 0.25) is 5.02 Å². The molecule has 2 aromatic carbocycles. The lowest BCUT2D eigenvalue weighted by atomic mass is 10.2. The van der Waals surface area contributed by atoms with E-state index in [0.717, 1.165) is 16.4 Å². The Labute approximate surface area is 172 Å². The van der Waals surface area contributed by atoms with E-state index in [1.165, 1.54) is 11.8 Å². The Balaban J connectivity index is 1.56. The number of hydrogen-bond acceptors (Lipinski definition) is 5. The van der Waals surface area contributed by atoms with E-state index in [9.17, 15) is 4.79 Å². The van der Waals surface area contributed by atoms with E-state index in [2.05, 4.69) is 10.3 Å². The van der Waals surface area contributed by atoms with Gasteiger partial charge in [-0.1, -0.05) is 35.5 Å². The minimum Gasteiger partial charge on any atom is -0.493 e. The fraction of sp³-hybridized carbons (Fsp3) is 0.200. The molecule has 0 saturated heterocycles. The van der Waals surface area contributed by atoms with Crippen molar-refractivity contribution in [3.63, 3.8) is 0 Å². The molecule has 1 N–H and O–H groups in total. The van der Waals surface area contributed by atoms with Crippen LogP contribution in [0.25, 0.3) is 5.69 Å². The molecular weight excluding hydrogens is 398 g/mol. The molecule has 0 atom stereocenters. The van der Waals surface area contributed by atoms with Crippen LogP contribution in [-0.2, 0) is 11.3 Å². The number of amides is 1. The lowest BCUT2D eigenvalue weighted by molar-refractivity contribution is -0.118. The van der Waals surface area contributed by atoms with E-state index in [0.29, 0.717) is 23.1 Å². The number of benzene rings is 2. The maximum atomic E-state index is 12.2. The fourth-order valence-electron chi connectivity index (χ4n) is 2.59. The minimum absolute atomic E-state index is 0.0829. The molecule has 0 radical (unpaired) electrons. The largest absolute Gasteiger partial charge is 0.493 e. The third-order valence-corrected chi connectivity index (χ3v) is 5.17. The van der Waals surface area contributed by atoms with E-state index in [1.807, 2.05) is 53.2 Å². The SMILES string of the molecule is COc1ccc(CNC(=O)CSc2nccn2-c2cccc(Cl)c2)cc1OC. The van der Waals surface area contributed by atoms with Crippen molar-refractivity contribution >= 4 is 29.3 Å². The van der Waals surface area contributed by atoms with Gasteiger partial charge in [0.1, 0.15) is 0 Å². The first-order chi connectivity index (χ1) is 13.6. The monoisotopic (exact) mass is 417 g/mol. The lowest BCUT2D eigenvalue weighted by Crippen LogP contribution is -2.24. The van der Waals surface area contributed by atoms with Gasteiger partial charge in [-0.25, -0.2) is 4.98 Å². The summed E-state index contributed by atoms with van der Waals surface area (Å²) < 4.78 is 12.4. The molecule has 0 bridgehead atoms. The summed E-state index contributed by atoms with van der Waals surface area (Å²) in [6.07, 6.45) is 3.54. The summed E-state index contributed by atoms with van der Waals surface area (Å²) in [5, 5.41) is 4.28. The molecule has 1 aromatic heterocycles. The molecule has 3 rings (SSSR count). The van der Waals surface area contributed by atoms with Gasteiger partial charge >= 0.3 is 0 Å². The van der Waals surface area contributed by atoms with Gasteiger partial charge in [0.05, 0.1) is 20.0 Å². The number of nitrogens with zero attached hydrogens (tertiary/aromatic N) is 2. The molecular formula is C20H20ClN3O3S. The summed E-state index contributed by atoms with van der Waals surface area (Å²) in [7, 11) is 3.17. The zero-order chi connectivity index (χ0) is 19.9. The van der Waals surface area contributed by atoms with Crippen LogP contribution in [0, 0.1) is 0 Å². The quantitative estimate of drug-likeness (QED) is 0.562. The highest BCUT2D eigenvalue weighted by Gasteiger charge is 2.10. The van der Waals surface area contributed by atoms with E-state index in [1.54, 1.807) is 20.4 Å². The third-order valence-electron chi connectivity index (χ3n) is 3.96. The number of halogens is 1. The number of aromatic nitrogens is 2. The minimum atomic E-state index is -0.0829. The maximum Gasteiger partial charge on any atom is 0.230 e. The molecule has 0 saturated carbocycles. The molecule has 6 nitrogen and oxygen atoms in total. The molecule has 0 aliphatic heterocycles. The number of carbonyl (C=O) groups excluding carboxylic acids is 1. The average Bonchev–Trinajstić information content (AvgIpc) is 3.19. The second-order valence-electron chi connectivity index (χ2n) is 5.81. The van der Waals surface area contributed by atoms with Gasteiger partial charge in [-0.15, -0.1) is 0 Å². The number of hydrogen-bond donors (Lipinski definition) is 1. The number of imidazole rings is 1. The van der Waals surface area contributed by atoms with E-state index < -0.39 is 0 Å². The molecule has 1 amide bonds. The average molecular weight is 418 g/mol. The predicted octanol–water partition coefficient (Wildman–Crippen LogP) is 3.95. The number of ether oxygens (including phenoxy) is 2. The Morgan fingerprint density at radius 2 is 2.00 bits per heavy atom. The standard InChI is InChI=1S/C20H20ClN3O3S/c1-26-17-7-6-14(10-18(17)27-2)12-23-19(25)13-28-20-22-8-9-24(20)16-5-3-4-15(21)11-16/h3-11H,12-13H2,1-2H3,(H,23,25). The molecule has 0 spiro atoms. The zero-order valence-corrected chi connectivity index (χ0v) is 17.1. The fourth-order valence-corrected chi connectivity index (χ4v) is 3.58. The molecule has 0 fully saturated rings. The number of carbonyl (C=O) groups is 1. The summed E-state index contributed by atoms with van der Waals surface area (Å²) in [5.74, 6) is 1.46. The van der Waals surface area contributed by atoms with Gasteiger partial charge in [0.15, 0.2) is 16.7 Å². The second kappa shape index (κ2) is 9.52. The van der Waals surface area contributed by atoms with Crippen molar-refractivity contribution < 1.29 is 14.3 Å². The molecule has 8 heteroatoms. The highest BCUT2D eigenvalue weighted by molar-refractivity contribution is 7.99. The maximum absolute atomic E-state index is 12.2. The van der Waals surface area contributed by atoms with Crippen LogP contribution in [0.5, 0.6) is 11.5 Å². The van der Waals surface area contributed by atoms with Gasteiger partial charge in [0.25, 0.3) is 0 Å². The smallest absolute Gasteiger partial charge is 0.230 e. The van der Waals surface area contributed by atoms with Crippen LogP contribution in [0.1, 0.15) is 5.56 Å². The first-order valence-electron chi connectivity index (χ1n) is 8.50. The van der Waals surface area contributed by atoms with Gasteiger partial charge in [0, 0.05) is 29.6 Å². The van der Waals surface area contributed by atoms with E-state index >= 15 is 0 Å². The summed E-state index contributed by atoms with van der Waals surface area (Å²) in [4.78, 5) is 16.6. The molecule has 0 aliphatic rings. The number of methoxy groups -OCH3 is 2. The van der Waals surface area contributed by atoms with Gasteiger partial charge in [-0.05, 0) is 35.9 Å². The van der Waals surface area contributed by atoms with Gasteiger partial charge in [-0.3, -0.25) is 9.36 Å². The molecule has 0 unspecified atom stereocenters. The molecule has 0 aliphatic carbocycles. The Morgan fingerprint density at radius 3 is 2.75 bits per heavy atom. The highest BCUT2D eigenvalue weighted by atomic mass is 35.5. The number of rotatable bonds is 8. The summed E-state index contributed by atoms with van der Waals surface area (Å²) in [6.45, 7) is 0.405. The van der Waals surface area contributed by atoms with Gasteiger partial charge < -0.3 is 14.8 Å². The highest BCUT2D eigenvalue weighted by Crippen LogP contribution is 2.27. The normalized spacial score (nSPS) is 10.5. The van der Waals surface area contributed by atoms with Crippen molar-refractivity contribution in [2.75, 3.05) is 20.0 Å². The second-order valence-corrected chi connectivity index (χ2v) is 7.19. The van der Waals surface area contributed by atoms with Crippen LogP contribution in [0.3, 0.4) is 0 Å². The van der Waals surface area contributed by atoms with Crippen molar-refractivity contribution in [2.24, 2.45) is 0 Å². The van der Waals surface area contributed by atoms with Gasteiger partial charge in [0.2, 0.25) is 5.91 Å². The van der Waals surface area contributed by atoms with Crippen LogP contribution < -0.4 is 14.8 Å². The molecule has 1 heterocycles. The summed E-state index contributed by atoms with van der Waals surface area (Å²) >= 11 is 7.42. The van der Waals surface area contributed by atoms with Crippen molar-refractivity contribution in [3.8, 4) is 17.2 Å².